The third-order valence-corrected chi connectivity index (χ3v) is 4.48. The predicted molar refractivity (Wildman–Crippen MR) is 87.7 cm³/mol. The van der Waals surface area contributed by atoms with E-state index in [1.165, 1.54) is 19.4 Å². The van der Waals surface area contributed by atoms with Gasteiger partial charge in [0.05, 0.1) is 4.47 Å². The summed E-state index contributed by atoms with van der Waals surface area (Å²) >= 11 is 7.09. The van der Waals surface area contributed by atoms with Gasteiger partial charge in [0.2, 0.25) is 0 Å². The lowest BCUT2D eigenvalue weighted by Gasteiger charge is -2.31. The number of anilines is 1. The first-order chi connectivity index (χ1) is 9.20. The van der Waals surface area contributed by atoms with Crippen LogP contribution in [0.1, 0.15) is 26.2 Å². The lowest BCUT2D eigenvalue weighted by atomic mass is 9.99. The summed E-state index contributed by atoms with van der Waals surface area (Å²) in [5.74, 6) is 1.80. The Morgan fingerprint density at radius 2 is 2.32 bits per heavy atom. The van der Waals surface area contributed by atoms with Crippen LogP contribution in [0.5, 0.6) is 0 Å². The van der Waals surface area contributed by atoms with Gasteiger partial charge in [0.15, 0.2) is 0 Å². The van der Waals surface area contributed by atoms with Gasteiger partial charge in [0, 0.05) is 23.8 Å². The quantitative estimate of drug-likeness (QED) is 0.828. The van der Waals surface area contributed by atoms with Crippen LogP contribution in [0, 0.1) is 5.92 Å². The molecule has 5 heteroatoms. The Hall–Kier alpha value is -0.130. The van der Waals surface area contributed by atoms with E-state index in [-0.39, 0.29) is 0 Å². The molecule has 1 saturated heterocycles. The van der Waals surface area contributed by atoms with Gasteiger partial charge in [0.1, 0.15) is 5.82 Å². The molecule has 1 fully saturated rings. The number of aromatic nitrogens is 1. The van der Waals surface area contributed by atoms with Crippen LogP contribution in [-0.2, 0) is 0 Å². The van der Waals surface area contributed by atoms with Crippen LogP contribution in [0.4, 0.5) is 5.82 Å². The van der Waals surface area contributed by atoms with Crippen molar-refractivity contribution in [3.05, 3.63) is 21.2 Å². The largest absolute Gasteiger partial charge is 0.355 e. The minimum atomic E-state index is 0.734. The number of nitrogens with zero attached hydrogens (tertiary/aromatic N) is 2. The van der Waals surface area contributed by atoms with E-state index < -0.39 is 0 Å². The number of nitrogens with one attached hydrogen (secondary N) is 1. The Labute approximate surface area is 132 Å². The normalized spacial score (nSPS) is 19.4. The minimum Gasteiger partial charge on any atom is -0.355 e. The van der Waals surface area contributed by atoms with Crippen LogP contribution in [0.3, 0.4) is 0 Å². The van der Waals surface area contributed by atoms with E-state index in [2.05, 4.69) is 60.1 Å². The van der Waals surface area contributed by atoms with Crippen LogP contribution >= 0.6 is 31.9 Å². The molecule has 3 nitrogen and oxygen atoms in total. The second kappa shape index (κ2) is 7.60. The fraction of sp³-hybridized carbons (Fsp3) is 0.643. The van der Waals surface area contributed by atoms with Crippen LogP contribution in [0.15, 0.2) is 21.2 Å². The first-order valence-electron chi connectivity index (χ1n) is 6.97. The van der Waals surface area contributed by atoms with Gasteiger partial charge in [-0.05, 0) is 76.2 Å². The summed E-state index contributed by atoms with van der Waals surface area (Å²) in [4.78, 5) is 6.98. The highest BCUT2D eigenvalue weighted by atomic mass is 79.9. The van der Waals surface area contributed by atoms with Gasteiger partial charge >= 0.3 is 0 Å². The van der Waals surface area contributed by atoms with E-state index in [1.54, 1.807) is 0 Å². The molecule has 0 bridgehead atoms. The van der Waals surface area contributed by atoms with Crippen LogP contribution < -0.4 is 10.2 Å². The molecule has 106 valence electrons. The Morgan fingerprint density at radius 1 is 1.47 bits per heavy atom. The topological polar surface area (TPSA) is 28.2 Å². The number of piperidine rings is 1. The fourth-order valence-corrected chi connectivity index (χ4v) is 3.82. The zero-order valence-electron chi connectivity index (χ0n) is 11.3. The van der Waals surface area contributed by atoms with E-state index in [0.717, 1.165) is 46.7 Å². The number of rotatable bonds is 5. The van der Waals surface area contributed by atoms with Crippen LogP contribution in [-0.4, -0.2) is 31.2 Å². The summed E-state index contributed by atoms with van der Waals surface area (Å²) in [7, 11) is 0. The average molecular weight is 391 g/mol. The standard InChI is InChI=1S/C14H21Br2N3/c1-2-6-19(10-11-4-3-5-17-8-11)14-13(16)7-12(15)9-18-14/h7,9,11,17H,2-6,8,10H2,1H3. The van der Waals surface area contributed by atoms with Gasteiger partial charge in [-0.2, -0.15) is 0 Å². The van der Waals surface area contributed by atoms with Crippen molar-refractivity contribution in [2.45, 2.75) is 26.2 Å². The Balaban J connectivity index is 2.09. The lowest BCUT2D eigenvalue weighted by Crippen LogP contribution is -2.39. The molecule has 1 N–H and O–H groups in total. The number of hydrogen-bond donors (Lipinski definition) is 1. The Morgan fingerprint density at radius 3 is 2.95 bits per heavy atom. The van der Waals surface area contributed by atoms with Crippen molar-refractivity contribution in [1.82, 2.24) is 10.3 Å². The minimum absolute atomic E-state index is 0.734. The molecule has 1 aliphatic rings. The number of pyridine rings is 1. The second-order valence-corrected chi connectivity index (χ2v) is 6.89. The van der Waals surface area contributed by atoms with Crippen molar-refractivity contribution in [3.8, 4) is 0 Å². The molecule has 1 unspecified atom stereocenters. The molecule has 0 radical (unpaired) electrons. The molecule has 2 heterocycles. The van der Waals surface area contributed by atoms with Crippen LogP contribution in [0.2, 0.25) is 0 Å². The molecule has 1 aliphatic heterocycles. The summed E-state index contributed by atoms with van der Waals surface area (Å²) < 4.78 is 2.08. The van der Waals surface area contributed by atoms with E-state index in [1.807, 2.05) is 6.20 Å². The third kappa shape index (κ3) is 4.43. The third-order valence-electron chi connectivity index (χ3n) is 3.46. The first-order valence-corrected chi connectivity index (χ1v) is 8.56. The van der Waals surface area contributed by atoms with E-state index in [9.17, 15) is 0 Å². The SMILES string of the molecule is CCCN(CC1CCCNC1)c1ncc(Br)cc1Br. The zero-order valence-corrected chi connectivity index (χ0v) is 14.5. The van der Waals surface area contributed by atoms with E-state index in [4.69, 9.17) is 0 Å². The molecule has 1 aromatic heterocycles. The van der Waals surface area contributed by atoms with Gasteiger partial charge in [-0.15, -0.1) is 0 Å². The predicted octanol–water partition coefficient (Wildman–Crippen LogP) is 3.82. The van der Waals surface area contributed by atoms with Crippen molar-refractivity contribution in [1.29, 1.82) is 0 Å². The summed E-state index contributed by atoms with van der Waals surface area (Å²) in [6.45, 7) is 6.68. The molecular weight excluding hydrogens is 370 g/mol. The number of hydrogen-bond acceptors (Lipinski definition) is 3. The maximum Gasteiger partial charge on any atom is 0.142 e. The molecule has 2 rings (SSSR count). The molecule has 1 atom stereocenters. The van der Waals surface area contributed by atoms with Gasteiger partial charge in [-0.1, -0.05) is 6.92 Å². The van der Waals surface area contributed by atoms with Crippen molar-refractivity contribution >= 4 is 37.7 Å². The maximum atomic E-state index is 4.57. The Bertz CT molecular complexity index is 406. The highest BCUT2D eigenvalue weighted by molar-refractivity contribution is 9.11. The summed E-state index contributed by atoms with van der Waals surface area (Å²) in [5, 5.41) is 3.49. The highest BCUT2D eigenvalue weighted by Gasteiger charge is 2.19. The second-order valence-electron chi connectivity index (χ2n) is 5.12. The van der Waals surface area contributed by atoms with Crippen molar-refractivity contribution in [3.63, 3.8) is 0 Å². The fourth-order valence-electron chi connectivity index (χ4n) is 2.59. The van der Waals surface area contributed by atoms with Crippen molar-refractivity contribution < 1.29 is 0 Å². The summed E-state index contributed by atoms with van der Waals surface area (Å²) in [6.07, 6.45) is 5.63. The van der Waals surface area contributed by atoms with Gasteiger partial charge in [0.25, 0.3) is 0 Å². The highest BCUT2D eigenvalue weighted by Crippen LogP contribution is 2.28. The number of halogens is 2. The average Bonchev–Trinajstić information content (AvgIpc) is 2.39. The smallest absolute Gasteiger partial charge is 0.142 e. The van der Waals surface area contributed by atoms with E-state index >= 15 is 0 Å². The Kier molecular flexibility index (Phi) is 6.10. The maximum absolute atomic E-state index is 4.57. The molecular formula is C14H21Br2N3. The van der Waals surface area contributed by atoms with Gasteiger partial charge in [-0.3, -0.25) is 0 Å². The van der Waals surface area contributed by atoms with Crippen molar-refractivity contribution in [2.24, 2.45) is 5.92 Å². The van der Waals surface area contributed by atoms with Crippen molar-refractivity contribution in [2.75, 3.05) is 31.1 Å². The monoisotopic (exact) mass is 389 g/mol. The van der Waals surface area contributed by atoms with Gasteiger partial charge in [-0.25, -0.2) is 4.98 Å². The summed E-state index contributed by atoms with van der Waals surface area (Å²) in [5.41, 5.74) is 0. The molecule has 0 aromatic carbocycles. The molecule has 1 aromatic rings. The zero-order chi connectivity index (χ0) is 13.7. The molecule has 0 spiro atoms. The van der Waals surface area contributed by atoms with E-state index in [0.29, 0.717) is 0 Å². The molecule has 19 heavy (non-hydrogen) atoms. The lowest BCUT2D eigenvalue weighted by molar-refractivity contribution is 0.376. The van der Waals surface area contributed by atoms with Gasteiger partial charge < -0.3 is 10.2 Å². The first kappa shape index (κ1) is 15.3. The summed E-state index contributed by atoms with van der Waals surface area (Å²) in [6, 6.07) is 2.07. The van der Waals surface area contributed by atoms with Crippen LogP contribution in [0.25, 0.3) is 0 Å². The molecule has 0 amide bonds. The molecule has 0 aliphatic carbocycles. The molecule has 0 saturated carbocycles.